The van der Waals surface area contributed by atoms with Crippen LogP contribution in [0.4, 0.5) is 19.0 Å². The van der Waals surface area contributed by atoms with Crippen molar-refractivity contribution in [1.29, 1.82) is 0 Å². The van der Waals surface area contributed by atoms with E-state index in [1.54, 1.807) is 17.0 Å². The number of hydrogen-bond acceptors (Lipinski definition) is 3. The van der Waals surface area contributed by atoms with Crippen LogP contribution >= 0.6 is 27.5 Å². The summed E-state index contributed by atoms with van der Waals surface area (Å²) < 4.78 is 39.2. The van der Waals surface area contributed by atoms with Gasteiger partial charge in [-0.2, -0.15) is 13.2 Å². The molecule has 9 heteroatoms. The minimum atomic E-state index is -4.48. The van der Waals surface area contributed by atoms with Crippen molar-refractivity contribution < 1.29 is 18.0 Å². The molecular weight excluding hydrogens is 447 g/mol. The Kier molecular flexibility index (Phi) is 5.95. The molecule has 0 N–H and O–H groups in total. The molecule has 1 fully saturated rings. The van der Waals surface area contributed by atoms with E-state index in [-0.39, 0.29) is 10.9 Å². The Morgan fingerprint density at radius 3 is 2.44 bits per heavy atom. The van der Waals surface area contributed by atoms with Crippen LogP contribution in [0.3, 0.4) is 0 Å². The minimum absolute atomic E-state index is 0.0440. The second-order valence-corrected chi connectivity index (χ2v) is 7.49. The third kappa shape index (κ3) is 4.73. The first-order chi connectivity index (χ1) is 12.8. The van der Waals surface area contributed by atoms with Gasteiger partial charge in [0.05, 0.1) is 10.6 Å². The molecule has 1 aromatic carbocycles. The van der Waals surface area contributed by atoms with E-state index in [9.17, 15) is 18.0 Å². The van der Waals surface area contributed by atoms with Gasteiger partial charge in [-0.3, -0.25) is 4.79 Å². The van der Waals surface area contributed by atoms with Gasteiger partial charge in [0, 0.05) is 42.4 Å². The van der Waals surface area contributed by atoms with Crippen LogP contribution < -0.4 is 4.90 Å². The van der Waals surface area contributed by atoms with E-state index in [1.807, 2.05) is 17.0 Å². The van der Waals surface area contributed by atoms with Gasteiger partial charge >= 0.3 is 6.18 Å². The number of pyridine rings is 1. The van der Waals surface area contributed by atoms with Crippen LogP contribution in [0.2, 0.25) is 5.02 Å². The molecule has 4 nitrogen and oxygen atoms in total. The largest absolute Gasteiger partial charge is 0.417 e. The van der Waals surface area contributed by atoms with Crippen LogP contribution in [0.25, 0.3) is 0 Å². The summed E-state index contributed by atoms with van der Waals surface area (Å²) >= 11 is 9.38. The highest BCUT2D eigenvalue weighted by Crippen LogP contribution is 2.33. The minimum Gasteiger partial charge on any atom is -0.354 e. The monoisotopic (exact) mass is 461 g/mol. The Balaban J connectivity index is 1.71. The van der Waals surface area contributed by atoms with Crippen molar-refractivity contribution in [3.8, 4) is 0 Å². The Morgan fingerprint density at radius 1 is 1.11 bits per heavy atom. The van der Waals surface area contributed by atoms with Gasteiger partial charge in [0.15, 0.2) is 0 Å². The number of benzene rings is 1. The topological polar surface area (TPSA) is 36.4 Å². The number of amides is 1. The van der Waals surface area contributed by atoms with Crippen LogP contribution in [0.5, 0.6) is 0 Å². The van der Waals surface area contributed by atoms with Gasteiger partial charge in [0.2, 0.25) is 0 Å². The molecular formula is C18H16BrClF3N3O. The zero-order chi connectivity index (χ0) is 19.6. The fraction of sp³-hybridized carbons (Fsp3) is 0.333. The number of anilines is 1. The lowest BCUT2D eigenvalue weighted by atomic mass is 10.2. The average molecular weight is 463 g/mol. The van der Waals surface area contributed by atoms with Crippen molar-refractivity contribution in [2.24, 2.45) is 0 Å². The van der Waals surface area contributed by atoms with Crippen molar-refractivity contribution in [3.05, 3.63) is 57.2 Å². The molecule has 0 radical (unpaired) electrons. The first kappa shape index (κ1) is 19.9. The summed E-state index contributed by atoms with van der Waals surface area (Å²) in [6.07, 6.45) is -3.03. The molecule has 27 heavy (non-hydrogen) atoms. The number of aromatic nitrogens is 1. The van der Waals surface area contributed by atoms with E-state index in [0.717, 1.165) is 16.7 Å². The molecule has 0 aliphatic carbocycles. The zero-order valence-electron chi connectivity index (χ0n) is 14.1. The number of hydrogen-bond donors (Lipinski definition) is 0. The molecule has 0 bridgehead atoms. The van der Waals surface area contributed by atoms with Gasteiger partial charge in [-0.05, 0) is 36.8 Å². The highest BCUT2D eigenvalue weighted by Gasteiger charge is 2.32. The van der Waals surface area contributed by atoms with E-state index >= 15 is 0 Å². The SMILES string of the molecule is O=C(c1ccc(Br)cc1)N1CCCN(c2ncc(C(F)(F)F)cc2Cl)CC1. The first-order valence-corrected chi connectivity index (χ1v) is 9.45. The molecule has 0 unspecified atom stereocenters. The summed E-state index contributed by atoms with van der Waals surface area (Å²) in [6.45, 7) is 2.00. The highest BCUT2D eigenvalue weighted by atomic mass is 79.9. The third-order valence-electron chi connectivity index (χ3n) is 4.32. The quantitative estimate of drug-likeness (QED) is 0.639. The maximum Gasteiger partial charge on any atom is 0.417 e. The molecule has 1 aliphatic rings. The Morgan fingerprint density at radius 2 is 1.81 bits per heavy atom. The molecule has 1 aromatic heterocycles. The van der Waals surface area contributed by atoms with Crippen molar-refractivity contribution in [2.75, 3.05) is 31.1 Å². The number of carbonyl (C=O) groups is 1. The number of alkyl halides is 3. The summed E-state index contributed by atoms with van der Waals surface area (Å²) in [6, 6.07) is 8.01. The highest BCUT2D eigenvalue weighted by molar-refractivity contribution is 9.10. The molecule has 144 valence electrons. The maximum atomic E-state index is 12.8. The Hall–Kier alpha value is -1.80. The lowest BCUT2D eigenvalue weighted by molar-refractivity contribution is -0.137. The molecule has 0 saturated carbocycles. The summed E-state index contributed by atoms with van der Waals surface area (Å²) in [4.78, 5) is 20.1. The Labute approximate surface area is 168 Å². The van der Waals surface area contributed by atoms with Crippen LogP contribution in [0, 0.1) is 0 Å². The van der Waals surface area contributed by atoms with Crippen molar-refractivity contribution in [1.82, 2.24) is 9.88 Å². The molecule has 0 atom stereocenters. The second-order valence-electron chi connectivity index (χ2n) is 6.17. The van der Waals surface area contributed by atoms with Crippen LogP contribution in [-0.4, -0.2) is 42.0 Å². The van der Waals surface area contributed by atoms with Crippen LogP contribution in [-0.2, 0) is 6.18 Å². The molecule has 2 heterocycles. The van der Waals surface area contributed by atoms with Crippen LogP contribution in [0.15, 0.2) is 41.0 Å². The van der Waals surface area contributed by atoms with Gasteiger partial charge in [-0.25, -0.2) is 4.98 Å². The molecule has 1 aliphatic heterocycles. The van der Waals surface area contributed by atoms with Gasteiger partial charge < -0.3 is 9.80 Å². The molecule has 2 aromatic rings. The number of halogens is 5. The van der Waals surface area contributed by atoms with E-state index in [1.165, 1.54) is 0 Å². The smallest absolute Gasteiger partial charge is 0.354 e. The van der Waals surface area contributed by atoms with Gasteiger partial charge in [0.25, 0.3) is 5.91 Å². The van der Waals surface area contributed by atoms with E-state index in [0.29, 0.717) is 44.0 Å². The van der Waals surface area contributed by atoms with Gasteiger partial charge in [-0.15, -0.1) is 0 Å². The van der Waals surface area contributed by atoms with Crippen LogP contribution in [0.1, 0.15) is 22.3 Å². The molecule has 1 amide bonds. The normalized spacial score (nSPS) is 15.6. The number of carbonyl (C=O) groups excluding carboxylic acids is 1. The summed E-state index contributed by atoms with van der Waals surface area (Å²) in [5.74, 6) is 0.235. The lowest BCUT2D eigenvalue weighted by Crippen LogP contribution is -2.35. The second kappa shape index (κ2) is 8.06. The molecule has 3 rings (SSSR count). The Bertz CT molecular complexity index is 830. The average Bonchev–Trinajstić information content (AvgIpc) is 2.87. The van der Waals surface area contributed by atoms with Crippen molar-refractivity contribution >= 4 is 39.3 Å². The lowest BCUT2D eigenvalue weighted by Gasteiger charge is -2.24. The standard InChI is InChI=1S/C18H16BrClF3N3O/c19-14-4-2-12(3-5-14)17(27)26-7-1-6-25(8-9-26)16-15(20)10-13(11-24-16)18(21,22)23/h2-5,10-11H,1,6-9H2. The predicted molar refractivity (Wildman–Crippen MR) is 101 cm³/mol. The van der Waals surface area contributed by atoms with Crippen molar-refractivity contribution in [2.45, 2.75) is 12.6 Å². The van der Waals surface area contributed by atoms with E-state index in [4.69, 9.17) is 11.6 Å². The molecule has 1 saturated heterocycles. The fourth-order valence-electron chi connectivity index (χ4n) is 2.93. The summed E-state index contributed by atoms with van der Waals surface area (Å²) in [7, 11) is 0. The number of nitrogens with zero attached hydrogens (tertiary/aromatic N) is 3. The third-order valence-corrected chi connectivity index (χ3v) is 5.13. The first-order valence-electron chi connectivity index (χ1n) is 8.28. The van der Waals surface area contributed by atoms with E-state index < -0.39 is 11.7 Å². The zero-order valence-corrected chi connectivity index (χ0v) is 16.5. The molecule has 0 spiro atoms. The number of rotatable bonds is 2. The van der Waals surface area contributed by atoms with Crippen molar-refractivity contribution in [3.63, 3.8) is 0 Å². The fourth-order valence-corrected chi connectivity index (χ4v) is 3.48. The maximum absolute atomic E-state index is 12.8. The van der Waals surface area contributed by atoms with Gasteiger partial charge in [0.1, 0.15) is 5.82 Å². The van der Waals surface area contributed by atoms with Gasteiger partial charge in [-0.1, -0.05) is 27.5 Å². The summed E-state index contributed by atoms with van der Waals surface area (Å²) in [5, 5.41) is -0.0440. The summed E-state index contributed by atoms with van der Waals surface area (Å²) in [5.41, 5.74) is -0.282. The van der Waals surface area contributed by atoms with E-state index in [2.05, 4.69) is 20.9 Å². The predicted octanol–water partition coefficient (Wildman–Crippen LogP) is 4.87.